The van der Waals surface area contributed by atoms with Crippen LogP contribution in [0.5, 0.6) is 11.5 Å². The summed E-state index contributed by atoms with van der Waals surface area (Å²) in [6, 6.07) is 23.7. The molecule has 2 N–H and O–H groups in total. The molecular weight excluding hydrogens is 328 g/mol. The summed E-state index contributed by atoms with van der Waals surface area (Å²) in [4.78, 5) is 0. The van der Waals surface area contributed by atoms with Crippen LogP contribution in [0, 0.1) is 13.8 Å². The monoisotopic (exact) mass is 348 g/mol. The number of nitrogens with one attached hydrogen (secondary N) is 2. The molecule has 3 rings (SSSR count). The second-order valence-electron chi connectivity index (χ2n) is 5.81. The number of anilines is 2. The molecule has 0 unspecified atom stereocenters. The Kier molecular flexibility index (Phi) is 5.31. The molecule has 0 bridgehead atoms. The first-order valence-corrected chi connectivity index (χ1v) is 8.50. The van der Waals surface area contributed by atoms with Crippen molar-refractivity contribution in [1.29, 1.82) is 0 Å². The van der Waals surface area contributed by atoms with E-state index in [0.29, 0.717) is 5.11 Å². The van der Waals surface area contributed by atoms with Crippen LogP contribution in [0.15, 0.2) is 72.8 Å². The third-order valence-corrected chi connectivity index (χ3v) is 3.95. The Labute approximate surface area is 153 Å². The summed E-state index contributed by atoms with van der Waals surface area (Å²) in [5, 5.41) is 7.00. The molecule has 4 heteroatoms. The molecule has 3 aromatic rings. The van der Waals surface area contributed by atoms with Gasteiger partial charge in [-0.3, -0.25) is 0 Å². The molecule has 0 saturated carbocycles. The van der Waals surface area contributed by atoms with Crippen molar-refractivity contribution in [2.75, 3.05) is 10.6 Å². The van der Waals surface area contributed by atoms with Crippen LogP contribution in [0.3, 0.4) is 0 Å². The number of benzene rings is 3. The molecule has 0 spiro atoms. The Hall–Kier alpha value is -2.85. The van der Waals surface area contributed by atoms with E-state index >= 15 is 0 Å². The van der Waals surface area contributed by atoms with Crippen LogP contribution in [0.2, 0.25) is 0 Å². The third kappa shape index (κ3) is 4.58. The lowest BCUT2D eigenvalue weighted by Gasteiger charge is -2.16. The molecule has 25 heavy (non-hydrogen) atoms. The van der Waals surface area contributed by atoms with Crippen LogP contribution in [0.25, 0.3) is 0 Å². The first kappa shape index (κ1) is 17.0. The summed E-state index contributed by atoms with van der Waals surface area (Å²) in [6.07, 6.45) is 0. The number of thiocarbonyl (C=S) groups is 1. The lowest BCUT2D eigenvalue weighted by molar-refractivity contribution is 0.485. The lowest BCUT2D eigenvalue weighted by Crippen LogP contribution is -2.20. The molecule has 126 valence electrons. The third-order valence-electron chi connectivity index (χ3n) is 3.75. The number of aryl methyl sites for hydroxylation is 2. The van der Waals surface area contributed by atoms with E-state index in [1.54, 1.807) is 0 Å². The molecule has 0 amide bonds. The summed E-state index contributed by atoms with van der Waals surface area (Å²) in [5.74, 6) is 1.50. The number of rotatable bonds is 4. The minimum atomic E-state index is 0.526. The molecule has 0 saturated heterocycles. The highest BCUT2D eigenvalue weighted by molar-refractivity contribution is 7.80. The van der Waals surface area contributed by atoms with Crippen LogP contribution in [0.4, 0.5) is 11.4 Å². The largest absolute Gasteiger partial charge is 0.455 e. The van der Waals surface area contributed by atoms with Crippen molar-refractivity contribution < 1.29 is 4.74 Å². The van der Waals surface area contributed by atoms with E-state index < -0.39 is 0 Å². The molecule has 0 aliphatic carbocycles. The van der Waals surface area contributed by atoms with Crippen molar-refractivity contribution in [2.45, 2.75) is 13.8 Å². The zero-order valence-electron chi connectivity index (χ0n) is 14.2. The van der Waals surface area contributed by atoms with Crippen molar-refractivity contribution in [3.8, 4) is 11.5 Å². The number of hydrogen-bond acceptors (Lipinski definition) is 2. The van der Waals surface area contributed by atoms with Gasteiger partial charge in [-0.15, -0.1) is 0 Å². The predicted molar refractivity (Wildman–Crippen MR) is 109 cm³/mol. The van der Waals surface area contributed by atoms with Crippen LogP contribution >= 0.6 is 12.2 Å². The van der Waals surface area contributed by atoms with E-state index in [-0.39, 0.29) is 0 Å². The first-order valence-electron chi connectivity index (χ1n) is 8.09. The summed E-state index contributed by atoms with van der Waals surface area (Å²) in [6.45, 7) is 4.11. The Balaban J connectivity index is 1.74. The molecule has 0 fully saturated rings. The summed E-state index contributed by atoms with van der Waals surface area (Å²) < 4.78 is 5.95. The van der Waals surface area contributed by atoms with Gasteiger partial charge in [0.2, 0.25) is 0 Å². The van der Waals surface area contributed by atoms with Gasteiger partial charge in [-0.25, -0.2) is 0 Å². The molecule has 3 nitrogen and oxygen atoms in total. The molecule has 0 radical (unpaired) electrons. The van der Waals surface area contributed by atoms with Gasteiger partial charge in [-0.1, -0.05) is 42.5 Å². The van der Waals surface area contributed by atoms with Crippen LogP contribution in [-0.4, -0.2) is 5.11 Å². The van der Waals surface area contributed by atoms with Crippen LogP contribution in [0.1, 0.15) is 11.1 Å². The van der Waals surface area contributed by atoms with Crippen LogP contribution < -0.4 is 15.4 Å². The summed E-state index contributed by atoms with van der Waals surface area (Å²) >= 11 is 5.47. The summed E-state index contributed by atoms with van der Waals surface area (Å²) in [7, 11) is 0. The molecule has 0 aliphatic rings. The zero-order chi connectivity index (χ0) is 17.6. The molecule has 0 aliphatic heterocycles. The minimum absolute atomic E-state index is 0.526. The quantitative estimate of drug-likeness (QED) is 0.575. The van der Waals surface area contributed by atoms with E-state index in [1.165, 1.54) is 5.56 Å². The summed E-state index contributed by atoms with van der Waals surface area (Å²) in [5.41, 5.74) is 4.14. The Bertz CT molecular complexity index is 878. The van der Waals surface area contributed by atoms with Crippen molar-refractivity contribution in [1.82, 2.24) is 0 Å². The number of hydrogen-bond donors (Lipinski definition) is 2. The fourth-order valence-corrected chi connectivity index (χ4v) is 2.64. The maximum atomic E-state index is 5.95. The SMILES string of the molecule is Cc1ccc(C)c(NC(=S)Nc2ccccc2Oc2ccccc2)c1. The van der Waals surface area contributed by atoms with E-state index in [1.807, 2.05) is 54.6 Å². The van der Waals surface area contributed by atoms with Gasteiger partial charge in [0.1, 0.15) is 5.75 Å². The fraction of sp³-hybridized carbons (Fsp3) is 0.0952. The average molecular weight is 348 g/mol. The Morgan fingerprint density at radius 3 is 2.28 bits per heavy atom. The second kappa shape index (κ2) is 7.81. The smallest absolute Gasteiger partial charge is 0.175 e. The van der Waals surface area contributed by atoms with E-state index in [9.17, 15) is 0 Å². The van der Waals surface area contributed by atoms with Crippen LogP contribution in [-0.2, 0) is 0 Å². The lowest BCUT2D eigenvalue weighted by atomic mass is 10.1. The van der Waals surface area contributed by atoms with Crippen molar-refractivity contribution in [3.05, 3.63) is 83.9 Å². The van der Waals surface area contributed by atoms with Gasteiger partial charge in [-0.05, 0) is 67.5 Å². The standard InChI is InChI=1S/C21H20N2OS/c1-15-12-13-16(2)19(14-15)23-21(25)22-18-10-6-7-11-20(18)24-17-8-4-3-5-9-17/h3-14H,1-2H3,(H2,22,23,25). The topological polar surface area (TPSA) is 33.3 Å². The van der Waals surface area contributed by atoms with Gasteiger partial charge in [0, 0.05) is 5.69 Å². The van der Waals surface area contributed by atoms with E-state index in [0.717, 1.165) is 28.4 Å². The van der Waals surface area contributed by atoms with E-state index in [2.05, 4.69) is 42.7 Å². The highest BCUT2D eigenvalue weighted by Crippen LogP contribution is 2.29. The molecule has 0 atom stereocenters. The molecular formula is C21H20N2OS. The first-order chi connectivity index (χ1) is 12.1. The average Bonchev–Trinajstić information content (AvgIpc) is 2.61. The van der Waals surface area contributed by atoms with Gasteiger partial charge in [-0.2, -0.15) is 0 Å². The number of para-hydroxylation sites is 3. The highest BCUT2D eigenvalue weighted by atomic mass is 32.1. The van der Waals surface area contributed by atoms with Gasteiger partial charge in [0.05, 0.1) is 5.69 Å². The normalized spacial score (nSPS) is 10.2. The van der Waals surface area contributed by atoms with Gasteiger partial charge >= 0.3 is 0 Å². The number of ether oxygens (including phenoxy) is 1. The predicted octanol–water partition coefficient (Wildman–Crippen LogP) is 5.90. The fourth-order valence-electron chi connectivity index (χ4n) is 2.42. The maximum Gasteiger partial charge on any atom is 0.175 e. The molecule has 3 aromatic carbocycles. The van der Waals surface area contributed by atoms with Gasteiger partial charge in [0.15, 0.2) is 10.9 Å². The van der Waals surface area contributed by atoms with Gasteiger partial charge < -0.3 is 15.4 Å². The second-order valence-corrected chi connectivity index (χ2v) is 6.22. The van der Waals surface area contributed by atoms with Crippen molar-refractivity contribution in [2.24, 2.45) is 0 Å². The minimum Gasteiger partial charge on any atom is -0.455 e. The maximum absolute atomic E-state index is 5.95. The van der Waals surface area contributed by atoms with Gasteiger partial charge in [0.25, 0.3) is 0 Å². The van der Waals surface area contributed by atoms with Crippen molar-refractivity contribution in [3.63, 3.8) is 0 Å². The molecule has 0 heterocycles. The Morgan fingerprint density at radius 1 is 0.800 bits per heavy atom. The Morgan fingerprint density at radius 2 is 1.48 bits per heavy atom. The highest BCUT2D eigenvalue weighted by Gasteiger charge is 2.07. The molecule has 0 aromatic heterocycles. The zero-order valence-corrected chi connectivity index (χ0v) is 15.1. The van der Waals surface area contributed by atoms with E-state index in [4.69, 9.17) is 17.0 Å². The van der Waals surface area contributed by atoms with Crippen molar-refractivity contribution >= 4 is 28.7 Å².